The SMILES string of the molecule is CC1(C)CCC(Nc2ncc3nc(Nc4c(Cl)cc(F)cc4Cl)n(C4CCC(C(N)=O)CC4)c3n2)C[C@H]1O. The van der Waals surface area contributed by atoms with Gasteiger partial charge in [0.2, 0.25) is 17.8 Å². The van der Waals surface area contributed by atoms with Gasteiger partial charge in [-0.3, -0.25) is 9.36 Å². The molecule has 0 bridgehead atoms. The van der Waals surface area contributed by atoms with Crippen molar-refractivity contribution in [2.24, 2.45) is 17.1 Å². The minimum Gasteiger partial charge on any atom is -0.392 e. The largest absolute Gasteiger partial charge is 0.392 e. The smallest absolute Gasteiger partial charge is 0.224 e. The first kappa shape index (κ1) is 26.9. The Morgan fingerprint density at radius 2 is 1.84 bits per heavy atom. The van der Waals surface area contributed by atoms with Gasteiger partial charge in [0.25, 0.3) is 0 Å². The third-order valence-corrected chi connectivity index (χ3v) is 8.62. The van der Waals surface area contributed by atoms with Gasteiger partial charge in [0, 0.05) is 18.0 Å². The summed E-state index contributed by atoms with van der Waals surface area (Å²) in [6, 6.07) is 2.40. The third-order valence-electron chi connectivity index (χ3n) is 8.02. The van der Waals surface area contributed by atoms with Crippen LogP contribution in [0.25, 0.3) is 11.2 Å². The van der Waals surface area contributed by atoms with Crippen molar-refractivity contribution in [2.75, 3.05) is 10.6 Å². The second-order valence-electron chi connectivity index (χ2n) is 11.1. The number of nitrogens with two attached hydrogens (primary N) is 1. The molecular formula is C26H32Cl2FN7O2. The van der Waals surface area contributed by atoms with Gasteiger partial charge in [-0.05, 0) is 62.5 Å². The van der Waals surface area contributed by atoms with Gasteiger partial charge in [0.05, 0.1) is 28.0 Å². The van der Waals surface area contributed by atoms with Crippen LogP contribution in [0, 0.1) is 17.2 Å². The van der Waals surface area contributed by atoms with E-state index in [-0.39, 0.29) is 39.4 Å². The van der Waals surface area contributed by atoms with E-state index in [4.69, 9.17) is 38.9 Å². The molecule has 12 heteroatoms. The second-order valence-corrected chi connectivity index (χ2v) is 11.9. The topological polar surface area (TPSA) is 131 Å². The van der Waals surface area contributed by atoms with Crippen LogP contribution < -0.4 is 16.4 Å². The quantitative estimate of drug-likeness (QED) is 0.307. The normalized spacial score (nSPS) is 25.3. The fourth-order valence-electron chi connectivity index (χ4n) is 5.52. The Kier molecular flexibility index (Phi) is 7.41. The number of nitrogens with one attached hydrogen (secondary N) is 2. The van der Waals surface area contributed by atoms with Crippen molar-refractivity contribution in [3.05, 3.63) is 34.2 Å². The Bertz CT molecular complexity index is 1330. The van der Waals surface area contributed by atoms with E-state index in [1.54, 1.807) is 6.20 Å². The number of imidazole rings is 1. The van der Waals surface area contributed by atoms with Gasteiger partial charge in [-0.1, -0.05) is 37.0 Å². The Morgan fingerprint density at radius 1 is 1.16 bits per heavy atom. The lowest BCUT2D eigenvalue weighted by atomic mass is 9.73. The molecule has 1 amide bonds. The Morgan fingerprint density at radius 3 is 2.47 bits per heavy atom. The number of nitrogens with zero attached hydrogens (tertiary/aromatic N) is 4. The molecule has 2 heterocycles. The molecule has 9 nitrogen and oxygen atoms in total. The van der Waals surface area contributed by atoms with E-state index < -0.39 is 11.9 Å². The molecule has 2 aliphatic carbocycles. The number of hydrogen-bond donors (Lipinski definition) is 4. The predicted molar refractivity (Wildman–Crippen MR) is 146 cm³/mol. The summed E-state index contributed by atoms with van der Waals surface area (Å²) in [6.07, 6.45) is 6.36. The number of carbonyl (C=O) groups excluding carboxylic acids is 1. The van der Waals surface area contributed by atoms with Gasteiger partial charge in [0.1, 0.15) is 11.3 Å². The van der Waals surface area contributed by atoms with Crippen molar-refractivity contribution in [3.8, 4) is 0 Å². The number of anilines is 3. The first-order valence-corrected chi connectivity index (χ1v) is 13.7. The minimum absolute atomic E-state index is 0.0175. The van der Waals surface area contributed by atoms with Gasteiger partial charge in [0.15, 0.2) is 5.65 Å². The van der Waals surface area contributed by atoms with Crippen LogP contribution in [-0.4, -0.2) is 42.7 Å². The Hall–Kier alpha value is -2.69. The number of aromatic nitrogens is 4. The van der Waals surface area contributed by atoms with Crippen LogP contribution in [0.4, 0.5) is 22.0 Å². The summed E-state index contributed by atoms with van der Waals surface area (Å²) in [4.78, 5) is 25.8. The number of amides is 1. The van der Waals surface area contributed by atoms with Crippen molar-refractivity contribution in [1.82, 2.24) is 19.5 Å². The van der Waals surface area contributed by atoms with Crippen molar-refractivity contribution in [1.29, 1.82) is 0 Å². The standard InChI is InChI=1S/C26H32Cl2FN7O2/c1-26(2)8-7-15(11-20(26)37)32-24-31-12-19-23(35-24)36(16-5-3-13(4-6-16)22(30)38)25(33-19)34-21-17(27)9-14(29)10-18(21)28/h9-10,12-13,15-16,20,37H,3-8,11H2,1-2H3,(H2,30,38)(H,33,34)(H,31,32,35)/t13?,15?,16?,20-/m1/s1. The summed E-state index contributed by atoms with van der Waals surface area (Å²) < 4.78 is 15.8. The van der Waals surface area contributed by atoms with Crippen LogP contribution in [0.1, 0.15) is 64.8 Å². The molecule has 38 heavy (non-hydrogen) atoms. The number of halogens is 3. The first-order valence-electron chi connectivity index (χ1n) is 12.9. The molecule has 0 spiro atoms. The summed E-state index contributed by atoms with van der Waals surface area (Å²) in [7, 11) is 0. The Labute approximate surface area is 230 Å². The number of aliphatic hydroxyl groups excluding tert-OH is 1. The van der Waals surface area contributed by atoms with Crippen molar-refractivity contribution in [2.45, 2.75) is 77.0 Å². The molecule has 0 aliphatic heterocycles. The van der Waals surface area contributed by atoms with E-state index in [9.17, 15) is 14.3 Å². The molecule has 1 unspecified atom stereocenters. The van der Waals surface area contributed by atoms with Crippen LogP contribution in [0.3, 0.4) is 0 Å². The van der Waals surface area contributed by atoms with Crippen molar-refractivity contribution < 1.29 is 14.3 Å². The van der Waals surface area contributed by atoms with E-state index in [0.717, 1.165) is 12.8 Å². The number of benzene rings is 1. The molecule has 5 N–H and O–H groups in total. The van der Waals surface area contributed by atoms with Gasteiger partial charge >= 0.3 is 0 Å². The monoisotopic (exact) mass is 563 g/mol. The van der Waals surface area contributed by atoms with Gasteiger partial charge < -0.3 is 21.5 Å². The number of rotatable bonds is 6. The third kappa shape index (κ3) is 5.39. The number of aliphatic hydroxyl groups is 1. The predicted octanol–water partition coefficient (Wildman–Crippen LogP) is 5.58. The van der Waals surface area contributed by atoms with Gasteiger partial charge in [-0.2, -0.15) is 4.98 Å². The summed E-state index contributed by atoms with van der Waals surface area (Å²) in [5.74, 6) is -0.0901. The maximum Gasteiger partial charge on any atom is 0.224 e. The minimum atomic E-state index is -0.540. The number of fused-ring (bicyclic) bond motifs is 1. The lowest BCUT2D eigenvalue weighted by molar-refractivity contribution is -0.122. The van der Waals surface area contributed by atoms with E-state index in [1.165, 1.54) is 12.1 Å². The highest BCUT2D eigenvalue weighted by Gasteiger charge is 2.35. The van der Waals surface area contributed by atoms with Gasteiger partial charge in [-0.15, -0.1) is 0 Å². The number of hydrogen-bond acceptors (Lipinski definition) is 7. The zero-order chi connectivity index (χ0) is 27.2. The van der Waals surface area contributed by atoms with E-state index >= 15 is 0 Å². The lowest BCUT2D eigenvalue weighted by Crippen LogP contribution is -2.41. The molecule has 2 atom stereocenters. The average molecular weight is 564 g/mol. The van der Waals surface area contributed by atoms with Crippen molar-refractivity contribution in [3.63, 3.8) is 0 Å². The summed E-state index contributed by atoms with van der Waals surface area (Å²) >= 11 is 12.6. The highest BCUT2D eigenvalue weighted by molar-refractivity contribution is 6.39. The molecule has 5 rings (SSSR count). The highest BCUT2D eigenvalue weighted by Crippen LogP contribution is 2.40. The maximum absolute atomic E-state index is 13.8. The zero-order valence-electron chi connectivity index (χ0n) is 21.3. The van der Waals surface area contributed by atoms with Crippen LogP contribution in [0.5, 0.6) is 0 Å². The van der Waals surface area contributed by atoms with Gasteiger partial charge in [-0.25, -0.2) is 14.4 Å². The molecule has 0 saturated heterocycles. The molecule has 1 aromatic carbocycles. The molecular weight excluding hydrogens is 532 g/mol. The molecule has 2 aliphatic rings. The second kappa shape index (κ2) is 10.5. The molecule has 2 aromatic heterocycles. The first-order chi connectivity index (χ1) is 18.0. The maximum atomic E-state index is 13.8. The number of carbonyl (C=O) groups is 1. The van der Waals surface area contributed by atoms with Crippen LogP contribution in [0.15, 0.2) is 18.3 Å². The summed E-state index contributed by atoms with van der Waals surface area (Å²) in [6.45, 7) is 4.16. The molecule has 3 aromatic rings. The van der Waals surface area contributed by atoms with Crippen molar-refractivity contribution >= 4 is 57.9 Å². The number of primary amides is 1. The molecule has 0 radical (unpaired) electrons. The van der Waals surface area contributed by atoms with Crippen LogP contribution in [0.2, 0.25) is 10.0 Å². The molecule has 2 fully saturated rings. The lowest BCUT2D eigenvalue weighted by Gasteiger charge is -2.39. The molecule has 204 valence electrons. The highest BCUT2D eigenvalue weighted by atomic mass is 35.5. The summed E-state index contributed by atoms with van der Waals surface area (Å²) in [5.41, 5.74) is 6.95. The zero-order valence-corrected chi connectivity index (χ0v) is 22.9. The summed E-state index contributed by atoms with van der Waals surface area (Å²) in [5, 5.41) is 17.4. The van der Waals surface area contributed by atoms with Crippen LogP contribution in [-0.2, 0) is 4.79 Å². The molecule has 2 saturated carbocycles. The van der Waals surface area contributed by atoms with E-state index in [0.29, 0.717) is 60.9 Å². The average Bonchev–Trinajstić information content (AvgIpc) is 3.21. The Balaban J connectivity index is 1.49. The fraction of sp³-hybridized carbons (Fsp3) is 0.538. The van der Waals surface area contributed by atoms with E-state index in [2.05, 4.69) is 29.5 Å². The fourth-order valence-corrected chi connectivity index (χ4v) is 6.07. The van der Waals surface area contributed by atoms with Crippen LogP contribution >= 0.6 is 23.2 Å². The van der Waals surface area contributed by atoms with E-state index in [1.807, 2.05) is 4.57 Å².